The largest absolute Gasteiger partial charge is 0.464 e. The van der Waals surface area contributed by atoms with Crippen LogP contribution in [0.25, 0.3) is 27.9 Å². The quantitative estimate of drug-likeness (QED) is 0.0866. The molecule has 1 saturated carbocycles. The van der Waals surface area contributed by atoms with Crippen molar-refractivity contribution in [1.29, 1.82) is 0 Å². The van der Waals surface area contributed by atoms with Crippen molar-refractivity contribution >= 4 is 59.8 Å². The predicted molar refractivity (Wildman–Crippen MR) is 135 cm³/mol. The molecule has 1 aliphatic carbocycles. The summed E-state index contributed by atoms with van der Waals surface area (Å²) in [7, 11) is 1.68. The third kappa shape index (κ3) is 5.40. The van der Waals surface area contributed by atoms with E-state index in [2.05, 4.69) is 10.3 Å². The van der Waals surface area contributed by atoms with Gasteiger partial charge in [-0.25, -0.2) is 9.87 Å². The Labute approximate surface area is 207 Å². The average Bonchev–Trinajstić information content (AvgIpc) is 3.49. The summed E-state index contributed by atoms with van der Waals surface area (Å²) in [4.78, 5) is 9.73. The van der Waals surface area contributed by atoms with Crippen LogP contribution in [0.15, 0.2) is 47.2 Å². The second kappa shape index (κ2) is 10.5. The monoisotopic (exact) mass is 508 g/mol. The van der Waals surface area contributed by atoms with Crippen molar-refractivity contribution in [2.75, 3.05) is 19.0 Å². The molecule has 33 heavy (non-hydrogen) atoms. The van der Waals surface area contributed by atoms with E-state index < -0.39 is 0 Å². The molecule has 12 heteroatoms. The summed E-state index contributed by atoms with van der Waals surface area (Å²) in [5.74, 6) is 6.78. The van der Waals surface area contributed by atoms with Gasteiger partial charge in [-0.05, 0) is 49.4 Å². The number of halogens is 1. The smallest absolute Gasteiger partial charge is 0.157 e. The molecule has 9 nitrogen and oxygen atoms in total. The van der Waals surface area contributed by atoms with E-state index in [4.69, 9.17) is 36.2 Å². The van der Waals surface area contributed by atoms with Gasteiger partial charge in [0.2, 0.25) is 0 Å². The molecule has 0 saturated heterocycles. The summed E-state index contributed by atoms with van der Waals surface area (Å²) in [5.41, 5.74) is 3.20. The maximum Gasteiger partial charge on any atom is 0.157 e. The first kappa shape index (κ1) is 24.1. The van der Waals surface area contributed by atoms with Gasteiger partial charge in [-0.1, -0.05) is 11.6 Å². The molecule has 0 bridgehead atoms. The summed E-state index contributed by atoms with van der Waals surface area (Å²) in [5, 5.41) is 9.99. The minimum atomic E-state index is 0. The Morgan fingerprint density at radius 3 is 3.06 bits per heavy atom. The summed E-state index contributed by atoms with van der Waals surface area (Å²) in [6.45, 7) is 0.535. The summed E-state index contributed by atoms with van der Waals surface area (Å²) >= 11 is 7.15. The van der Waals surface area contributed by atoms with Crippen molar-refractivity contribution in [3.05, 3.63) is 47.8 Å². The zero-order valence-electron chi connectivity index (χ0n) is 17.9. The first-order valence-corrected chi connectivity index (χ1v) is 11.4. The Kier molecular flexibility index (Phi) is 7.69. The van der Waals surface area contributed by atoms with E-state index in [0.717, 1.165) is 65.2 Å². The number of hydrogen-bond donors (Lipinski definition) is 2. The number of nitrogens with one attached hydrogen (secondary N) is 1. The molecule has 1 aliphatic rings. The van der Waals surface area contributed by atoms with E-state index in [1.165, 1.54) is 4.41 Å². The van der Waals surface area contributed by atoms with Gasteiger partial charge >= 0.3 is 0 Å². The SMILES string of the molecule is CN(N)SOOCC1CCC(Nc2ccnc3cc(-c4coc5ccc(Cl)cc45)nn23)C1.S. The van der Waals surface area contributed by atoms with Crippen molar-refractivity contribution in [1.82, 2.24) is 19.0 Å². The fourth-order valence-electron chi connectivity index (χ4n) is 4.10. The molecule has 176 valence electrons. The number of benzene rings is 1. The Bertz CT molecular complexity index is 1230. The van der Waals surface area contributed by atoms with E-state index in [0.29, 0.717) is 23.6 Å². The van der Waals surface area contributed by atoms with Gasteiger partial charge in [-0.3, -0.25) is 5.84 Å². The molecule has 0 spiro atoms. The van der Waals surface area contributed by atoms with Gasteiger partial charge in [0.25, 0.3) is 0 Å². The van der Waals surface area contributed by atoms with Gasteiger partial charge in [-0.2, -0.15) is 27.5 Å². The molecule has 5 rings (SSSR count). The van der Waals surface area contributed by atoms with Crippen molar-refractivity contribution in [3.8, 4) is 11.3 Å². The van der Waals surface area contributed by atoms with Crippen LogP contribution in [0.3, 0.4) is 0 Å². The average molecular weight is 509 g/mol. The van der Waals surface area contributed by atoms with Gasteiger partial charge in [-0.15, -0.1) is 4.33 Å². The second-order valence-electron chi connectivity index (χ2n) is 7.91. The van der Waals surface area contributed by atoms with Gasteiger partial charge in [0.1, 0.15) is 29.9 Å². The van der Waals surface area contributed by atoms with E-state index in [9.17, 15) is 0 Å². The molecule has 0 amide bonds. The zero-order chi connectivity index (χ0) is 22.1. The Hall–Kier alpha value is -1.99. The number of aromatic nitrogens is 3. The number of anilines is 1. The second-order valence-corrected chi connectivity index (χ2v) is 9.21. The van der Waals surface area contributed by atoms with Crippen LogP contribution in [0, 0.1) is 5.92 Å². The summed E-state index contributed by atoms with van der Waals surface area (Å²) < 4.78 is 13.9. The highest BCUT2D eigenvalue weighted by Gasteiger charge is 2.26. The molecule has 0 aliphatic heterocycles. The summed E-state index contributed by atoms with van der Waals surface area (Å²) in [6, 6.07) is 9.77. The lowest BCUT2D eigenvalue weighted by molar-refractivity contribution is -0.203. The third-order valence-corrected chi connectivity index (χ3v) is 6.19. The van der Waals surface area contributed by atoms with Crippen LogP contribution in [0.4, 0.5) is 5.82 Å². The Morgan fingerprint density at radius 2 is 2.21 bits per heavy atom. The van der Waals surface area contributed by atoms with Gasteiger partial charge in [0.05, 0.1) is 12.3 Å². The van der Waals surface area contributed by atoms with Crippen LogP contribution in [0.5, 0.6) is 0 Å². The number of hydrazine groups is 1. The lowest BCUT2D eigenvalue weighted by Gasteiger charge is -2.15. The fourth-order valence-corrected chi connectivity index (χ4v) is 4.46. The minimum absolute atomic E-state index is 0. The van der Waals surface area contributed by atoms with Gasteiger partial charge in [0.15, 0.2) is 5.65 Å². The number of hydrogen-bond acceptors (Lipinski definition) is 9. The zero-order valence-corrected chi connectivity index (χ0v) is 20.5. The lowest BCUT2D eigenvalue weighted by Crippen LogP contribution is -2.19. The van der Waals surface area contributed by atoms with Gasteiger partial charge < -0.3 is 9.73 Å². The fraction of sp³-hybridized carbons (Fsp3) is 0.333. The van der Waals surface area contributed by atoms with Crippen molar-refractivity contribution < 1.29 is 13.6 Å². The molecule has 3 N–H and O–H groups in total. The van der Waals surface area contributed by atoms with E-state index >= 15 is 0 Å². The first-order valence-electron chi connectivity index (χ1n) is 10.3. The molecule has 0 radical (unpaired) electrons. The molecule has 2 atom stereocenters. The van der Waals surface area contributed by atoms with Crippen molar-refractivity contribution in [2.24, 2.45) is 11.8 Å². The van der Waals surface area contributed by atoms with Crippen LogP contribution >= 0.6 is 37.3 Å². The molecule has 3 aromatic heterocycles. The Morgan fingerprint density at radius 1 is 1.33 bits per heavy atom. The number of furan rings is 1. The first-order chi connectivity index (χ1) is 15.6. The van der Waals surface area contributed by atoms with Crippen LogP contribution in [0.1, 0.15) is 19.3 Å². The Balaban J connectivity index is 0.00000259. The highest BCUT2D eigenvalue weighted by Crippen LogP contribution is 2.33. The number of nitrogens with two attached hydrogens (primary N) is 1. The maximum absolute atomic E-state index is 6.18. The molecular formula is C21H25ClN6O3S2. The van der Waals surface area contributed by atoms with E-state index in [1.54, 1.807) is 19.5 Å². The highest BCUT2D eigenvalue weighted by atomic mass is 35.5. The van der Waals surface area contributed by atoms with Crippen LogP contribution in [0.2, 0.25) is 5.02 Å². The van der Waals surface area contributed by atoms with Crippen molar-refractivity contribution in [2.45, 2.75) is 25.3 Å². The van der Waals surface area contributed by atoms with E-state index in [1.807, 2.05) is 34.8 Å². The lowest BCUT2D eigenvalue weighted by atomic mass is 10.1. The molecular weight excluding hydrogens is 484 g/mol. The van der Waals surface area contributed by atoms with Gasteiger partial charge in [0, 0.05) is 41.3 Å². The topological polar surface area (TPSA) is 103 Å². The van der Waals surface area contributed by atoms with Crippen LogP contribution in [-0.2, 0) is 9.22 Å². The number of rotatable bonds is 8. The highest BCUT2D eigenvalue weighted by molar-refractivity contribution is 7.92. The molecule has 2 unspecified atom stereocenters. The predicted octanol–water partition coefficient (Wildman–Crippen LogP) is 4.81. The maximum atomic E-state index is 6.18. The molecule has 4 aromatic rings. The summed E-state index contributed by atoms with van der Waals surface area (Å²) in [6.07, 6.45) is 6.58. The number of fused-ring (bicyclic) bond motifs is 2. The molecule has 3 heterocycles. The van der Waals surface area contributed by atoms with Crippen LogP contribution in [-0.4, -0.2) is 38.7 Å². The van der Waals surface area contributed by atoms with Crippen molar-refractivity contribution in [3.63, 3.8) is 0 Å². The molecule has 1 aromatic carbocycles. The minimum Gasteiger partial charge on any atom is -0.464 e. The molecule has 1 fully saturated rings. The van der Waals surface area contributed by atoms with E-state index in [-0.39, 0.29) is 13.5 Å². The standard InChI is InChI=1S/C21H23ClN6O3S.H2S/c1-27(23)32-31-30-11-13-2-4-15(8-13)25-20-6-7-24-21-10-18(26-28(20)21)17-12-29-19-5-3-14(22)9-16(17)19;/h3,5-7,9-10,12-13,15,25H,2,4,8,11,23H2,1H3;1H2. The van der Waals surface area contributed by atoms with Crippen LogP contribution < -0.4 is 11.2 Å². The normalized spacial score (nSPS) is 18.3. The number of nitrogens with zero attached hydrogens (tertiary/aromatic N) is 4. The third-order valence-electron chi connectivity index (χ3n) is 5.56.